The lowest BCUT2D eigenvalue weighted by atomic mass is 10.1. The summed E-state index contributed by atoms with van der Waals surface area (Å²) in [5, 5.41) is 11.4. The maximum atomic E-state index is 11.1. The third-order valence-corrected chi connectivity index (χ3v) is 1.63. The highest BCUT2D eigenvalue weighted by atomic mass is 16.5. The molecule has 0 radical (unpaired) electrons. The number of carboxylic acids is 1. The summed E-state index contributed by atoms with van der Waals surface area (Å²) in [6.07, 6.45) is 2.81. The van der Waals surface area contributed by atoms with Gasteiger partial charge in [-0.05, 0) is 12.3 Å². The van der Waals surface area contributed by atoms with E-state index in [1.54, 1.807) is 0 Å². The first-order valence-corrected chi connectivity index (χ1v) is 3.61. The molecule has 1 aliphatic heterocycles. The van der Waals surface area contributed by atoms with Gasteiger partial charge in [-0.3, -0.25) is 0 Å². The first kappa shape index (κ1) is 9.31. The molecule has 0 fully saturated rings. The van der Waals surface area contributed by atoms with Crippen LogP contribution in [0.15, 0.2) is 23.4 Å². The average molecular weight is 183 g/mol. The number of ether oxygens (including phenoxy) is 1. The number of esters is 1. The summed E-state index contributed by atoms with van der Waals surface area (Å²) in [5.74, 6) is -1.74. The predicted molar refractivity (Wildman–Crippen MR) is 43.8 cm³/mol. The number of carbonyl (C=O) groups excluding carboxylic acids is 1. The minimum absolute atomic E-state index is 0.0226. The average Bonchev–Trinajstić information content (AvgIpc) is 2.16. The van der Waals surface area contributed by atoms with Crippen LogP contribution in [0.5, 0.6) is 0 Å². The van der Waals surface area contributed by atoms with Crippen LogP contribution in [0.1, 0.15) is 0 Å². The third kappa shape index (κ3) is 1.87. The molecule has 0 aromatic heterocycles. The number of hydrogen-bond donors (Lipinski definition) is 2. The Morgan fingerprint density at radius 2 is 2.31 bits per heavy atom. The van der Waals surface area contributed by atoms with Crippen LogP contribution < -0.4 is 5.32 Å². The molecule has 0 spiro atoms. The Labute approximate surface area is 74.7 Å². The van der Waals surface area contributed by atoms with E-state index in [1.807, 2.05) is 0 Å². The molecule has 0 aliphatic carbocycles. The van der Waals surface area contributed by atoms with Crippen LogP contribution in [0.4, 0.5) is 0 Å². The van der Waals surface area contributed by atoms with E-state index >= 15 is 0 Å². The number of rotatable bonds is 2. The van der Waals surface area contributed by atoms with Crippen LogP contribution in [0, 0.1) is 0 Å². The highest BCUT2D eigenvalue weighted by Crippen LogP contribution is 2.11. The summed E-state index contributed by atoms with van der Waals surface area (Å²) in [4.78, 5) is 21.7. The second-order valence-corrected chi connectivity index (χ2v) is 2.40. The Morgan fingerprint density at radius 3 is 2.85 bits per heavy atom. The summed E-state index contributed by atoms with van der Waals surface area (Å²) >= 11 is 0. The minimum Gasteiger partial charge on any atom is -0.478 e. The van der Waals surface area contributed by atoms with Crippen LogP contribution in [0.2, 0.25) is 0 Å². The molecule has 2 N–H and O–H groups in total. The Morgan fingerprint density at radius 1 is 1.62 bits per heavy atom. The Bertz CT molecular complexity index is 303. The topological polar surface area (TPSA) is 75.6 Å². The van der Waals surface area contributed by atoms with Crippen molar-refractivity contribution in [1.82, 2.24) is 5.32 Å². The van der Waals surface area contributed by atoms with Crippen molar-refractivity contribution in [3.63, 3.8) is 0 Å². The molecule has 5 heteroatoms. The lowest BCUT2D eigenvalue weighted by Gasteiger charge is -2.12. The quantitative estimate of drug-likeness (QED) is 0.573. The second-order valence-electron chi connectivity index (χ2n) is 2.40. The standard InChI is InChI=1S/C8H9NO4/c1-13-8(12)6-4-9-3-2-5(6)7(10)11/h2-3,9H,4H2,1H3,(H,10,11). The molecule has 1 heterocycles. The van der Waals surface area contributed by atoms with Crippen molar-refractivity contribution in [2.24, 2.45) is 0 Å². The maximum absolute atomic E-state index is 11.1. The smallest absolute Gasteiger partial charge is 0.336 e. The van der Waals surface area contributed by atoms with Gasteiger partial charge in [-0.2, -0.15) is 0 Å². The summed E-state index contributed by atoms with van der Waals surface area (Å²) in [5.41, 5.74) is 0.114. The monoisotopic (exact) mass is 183 g/mol. The number of methoxy groups -OCH3 is 1. The van der Waals surface area contributed by atoms with Crippen LogP contribution >= 0.6 is 0 Å². The molecule has 0 amide bonds. The van der Waals surface area contributed by atoms with Gasteiger partial charge in [-0.1, -0.05) is 0 Å². The minimum atomic E-state index is -1.13. The first-order chi connectivity index (χ1) is 6.16. The molecule has 0 saturated heterocycles. The first-order valence-electron chi connectivity index (χ1n) is 3.61. The van der Waals surface area contributed by atoms with E-state index < -0.39 is 11.9 Å². The van der Waals surface area contributed by atoms with Crippen molar-refractivity contribution in [3.05, 3.63) is 23.4 Å². The summed E-state index contributed by atoms with van der Waals surface area (Å²) in [6.45, 7) is 0.185. The molecule has 13 heavy (non-hydrogen) atoms. The SMILES string of the molecule is COC(=O)C1=C(C(=O)O)C=CNC1. The number of aliphatic carboxylic acids is 1. The van der Waals surface area contributed by atoms with E-state index in [9.17, 15) is 9.59 Å². The fraction of sp³-hybridized carbons (Fsp3) is 0.250. The molecular formula is C8H9NO4. The van der Waals surface area contributed by atoms with E-state index in [0.717, 1.165) is 0 Å². The molecular weight excluding hydrogens is 174 g/mol. The molecule has 0 atom stereocenters. The maximum Gasteiger partial charge on any atom is 0.336 e. The Kier molecular flexibility index (Phi) is 2.69. The molecule has 1 aliphatic rings. The summed E-state index contributed by atoms with van der Waals surface area (Å²) < 4.78 is 4.44. The molecule has 1 rings (SSSR count). The van der Waals surface area contributed by atoms with Crippen molar-refractivity contribution in [3.8, 4) is 0 Å². The second kappa shape index (κ2) is 3.75. The van der Waals surface area contributed by atoms with Gasteiger partial charge in [-0.25, -0.2) is 9.59 Å². The fourth-order valence-corrected chi connectivity index (χ4v) is 1.00. The zero-order chi connectivity index (χ0) is 9.84. The van der Waals surface area contributed by atoms with Gasteiger partial charge in [-0.15, -0.1) is 0 Å². The molecule has 0 unspecified atom stereocenters. The van der Waals surface area contributed by atoms with Crippen LogP contribution in [-0.4, -0.2) is 30.7 Å². The highest BCUT2D eigenvalue weighted by Gasteiger charge is 2.20. The Balaban J connectivity index is 3.04. The van der Waals surface area contributed by atoms with Crippen molar-refractivity contribution in [2.45, 2.75) is 0 Å². The van der Waals surface area contributed by atoms with Crippen LogP contribution in [-0.2, 0) is 14.3 Å². The van der Waals surface area contributed by atoms with Crippen LogP contribution in [0.25, 0.3) is 0 Å². The zero-order valence-corrected chi connectivity index (χ0v) is 7.03. The molecule has 0 aromatic carbocycles. The van der Waals surface area contributed by atoms with E-state index in [0.29, 0.717) is 0 Å². The molecule has 0 aromatic rings. The van der Waals surface area contributed by atoms with Gasteiger partial charge in [0, 0.05) is 6.54 Å². The van der Waals surface area contributed by atoms with Crippen molar-refractivity contribution < 1.29 is 19.4 Å². The predicted octanol–water partition coefficient (Wildman–Crippen LogP) is -0.343. The number of dihydropyridines is 1. The number of carboxylic acid groups (broad SMARTS) is 1. The number of carbonyl (C=O) groups is 2. The van der Waals surface area contributed by atoms with Gasteiger partial charge >= 0.3 is 11.9 Å². The summed E-state index contributed by atoms with van der Waals surface area (Å²) in [7, 11) is 1.22. The lowest BCUT2D eigenvalue weighted by Crippen LogP contribution is -2.24. The van der Waals surface area contributed by atoms with Crippen molar-refractivity contribution in [1.29, 1.82) is 0 Å². The summed E-state index contributed by atoms with van der Waals surface area (Å²) in [6, 6.07) is 0. The van der Waals surface area contributed by atoms with Gasteiger partial charge in [0.2, 0.25) is 0 Å². The third-order valence-electron chi connectivity index (χ3n) is 1.63. The van der Waals surface area contributed by atoms with Gasteiger partial charge in [0.15, 0.2) is 0 Å². The normalized spacial score (nSPS) is 15.2. The zero-order valence-electron chi connectivity index (χ0n) is 7.03. The van der Waals surface area contributed by atoms with E-state index in [-0.39, 0.29) is 17.7 Å². The fourth-order valence-electron chi connectivity index (χ4n) is 1.00. The number of nitrogens with one attached hydrogen (secondary N) is 1. The molecule has 5 nitrogen and oxygen atoms in total. The van der Waals surface area contributed by atoms with Gasteiger partial charge in [0.1, 0.15) is 0 Å². The van der Waals surface area contributed by atoms with E-state index in [1.165, 1.54) is 19.4 Å². The van der Waals surface area contributed by atoms with E-state index in [4.69, 9.17) is 5.11 Å². The van der Waals surface area contributed by atoms with Gasteiger partial charge in [0.25, 0.3) is 0 Å². The molecule has 0 saturated carbocycles. The van der Waals surface area contributed by atoms with Crippen molar-refractivity contribution >= 4 is 11.9 Å². The van der Waals surface area contributed by atoms with Gasteiger partial charge < -0.3 is 15.2 Å². The number of hydrogen-bond acceptors (Lipinski definition) is 4. The lowest BCUT2D eigenvalue weighted by molar-refractivity contribution is -0.138. The van der Waals surface area contributed by atoms with Crippen molar-refractivity contribution in [2.75, 3.05) is 13.7 Å². The molecule has 0 bridgehead atoms. The largest absolute Gasteiger partial charge is 0.478 e. The Hall–Kier alpha value is -1.78. The molecule has 70 valence electrons. The van der Waals surface area contributed by atoms with Gasteiger partial charge in [0.05, 0.1) is 18.3 Å². The van der Waals surface area contributed by atoms with Crippen LogP contribution in [0.3, 0.4) is 0 Å². The highest BCUT2D eigenvalue weighted by molar-refractivity contribution is 6.02. The van der Waals surface area contributed by atoms with E-state index in [2.05, 4.69) is 10.1 Å².